The van der Waals surface area contributed by atoms with Crippen LogP contribution in [0.1, 0.15) is 28.0 Å². The summed E-state index contributed by atoms with van der Waals surface area (Å²) in [6, 6.07) is 10.7. The Labute approximate surface area is 177 Å². The minimum atomic E-state index is -0.202. The van der Waals surface area contributed by atoms with Crippen LogP contribution >= 0.6 is 22.9 Å². The van der Waals surface area contributed by atoms with Crippen molar-refractivity contribution in [2.24, 2.45) is 0 Å². The molecule has 4 rings (SSSR count). The van der Waals surface area contributed by atoms with Gasteiger partial charge in [-0.1, -0.05) is 17.7 Å². The maximum Gasteiger partial charge on any atom is 0.251 e. The van der Waals surface area contributed by atoms with Gasteiger partial charge in [0, 0.05) is 23.9 Å². The zero-order chi connectivity index (χ0) is 20.1. The van der Waals surface area contributed by atoms with Crippen molar-refractivity contribution < 1.29 is 19.0 Å². The third-order valence-corrected chi connectivity index (χ3v) is 5.20. The Bertz CT molecular complexity index is 994. The summed E-state index contributed by atoms with van der Waals surface area (Å²) < 4.78 is 17.0. The van der Waals surface area contributed by atoms with Gasteiger partial charge in [0.1, 0.15) is 12.4 Å². The summed E-state index contributed by atoms with van der Waals surface area (Å²) in [5.41, 5.74) is 3.97. The Hall–Kier alpha value is -2.77. The third kappa shape index (κ3) is 4.99. The molecule has 8 heteroatoms. The summed E-state index contributed by atoms with van der Waals surface area (Å²) in [5, 5.41) is 5.31. The molecule has 1 aliphatic rings. The fourth-order valence-corrected chi connectivity index (χ4v) is 3.69. The number of benzene rings is 2. The van der Waals surface area contributed by atoms with Crippen molar-refractivity contribution in [1.82, 2.24) is 10.3 Å². The third-order valence-electron chi connectivity index (χ3n) is 4.28. The van der Waals surface area contributed by atoms with Gasteiger partial charge in [0.25, 0.3) is 5.91 Å². The lowest BCUT2D eigenvalue weighted by atomic mass is 10.1. The minimum Gasteiger partial charge on any atom is -0.489 e. The molecule has 0 radical (unpaired) electrons. The largest absolute Gasteiger partial charge is 0.489 e. The summed E-state index contributed by atoms with van der Waals surface area (Å²) in [6.45, 7) is 1.83. The Balaban J connectivity index is 1.39. The number of hydrogen-bond acceptors (Lipinski definition) is 6. The monoisotopic (exact) mass is 430 g/mol. The summed E-state index contributed by atoms with van der Waals surface area (Å²) in [7, 11) is 0. The van der Waals surface area contributed by atoms with Gasteiger partial charge in [0.2, 0.25) is 0 Å². The first-order valence-corrected chi connectivity index (χ1v) is 10.5. The minimum absolute atomic E-state index is 0.202. The van der Waals surface area contributed by atoms with Gasteiger partial charge in [0.15, 0.2) is 11.5 Å². The van der Waals surface area contributed by atoms with Crippen LogP contribution in [0.15, 0.2) is 47.3 Å². The van der Waals surface area contributed by atoms with Crippen LogP contribution in [0, 0.1) is 0 Å². The maximum atomic E-state index is 12.6. The smallest absolute Gasteiger partial charge is 0.251 e. The Kier molecular flexibility index (Phi) is 6.17. The Morgan fingerprint density at radius 2 is 2.14 bits per heavy atom. The second-order valence-corrected chi connectivity index (χ2v) is 7.56. The molecule has 0 fully saturated rings. The van der Waals surface area contributed by atoms with E-state index in [1.807, 2.05) is 17.5 Å². The lowest BCUT2D eigenvalue weighted by molar-refractivity contribution is 0.0950. The van der Waals surface area contributed by atoms with Gasteiger partial charge in [-0.15, -0.1) is 11.3 Å². The molecule has 0 spiro atoms. The van der Waals surface area contributed by atoms with Crippen molar-refractivity contribution in [2.45, 2.75) is 19.6 Å². The molecule has 0 saturated carbocycles. The van der Waals surface area contributed by atoms with E-state index in [0.29, 0.717) is 54.2 Å². The van der Waals surface area contributed by atoms with E-state index in [9.17, 15) is 4.79 Å². The number of hydrogen-bond donors (Lipinski definition) is 1. The van der Waals surface area contributed by atoms with Crippen LogP contribution in [0.3, 0.4) is 0 Å². The average Bonchev–Trinajstić information content (AvgIpc) is 3.14. The molecule has 1 aromatic heterocycles. The zero-order valence-electron chi connectivity index (χ0n) is 15.5. The van der Waals surface area contributed by atoms with Crippen molar-refractivity contribution in [2.75, 3.05) is 13.2 Å². The van der Waals surface area contributed by atoms with E-state index >= 15 is 0 Å². The van der Waals surface area contributed by atoms with Gasteiger partial charge in [0.05, 0.1) is 29.4 Å². The van der Waals surface area contributed by atoms with E-state index in [2.05, 4.69) is 10.3 Å². The fraction of sp³-hybridized carbons (Fsp3) is 0.238. The molecule has 6 nitrogen and oxygen atoms in total. The van der Waals surface area contributed by atoms with Crippen LogP contribution in [-0.4, -0.2) is 24.1 Å². The van der Waals surface area contributed by atoms with Gasteiger partial charge < -0.3 is 19.5 Å². The molecule has 0 unspecified atom stereocenters. The molecule has 3 aromatic rings. The topological polar surface area (TPSA) is 69.7 Å². The highest BCUT2D eigenvalue weighted by molar-refractivity contribution is 7.07. The van der Waals surface area contributed by atoms with Crippen molar-refractivity contribution in [1.29, 1.82) is 0 Å². The number of nitrogens with one attached hydrogen (secondary N) is 1. The maximum absolute atomic E-state index is 12.6. The lowest BCUT2D eigenvalue weighted by Crippen LogP contribution is -2.22. The summed E-state index contributed by atoms with van der Waals surface area (Å²) in [5.74, 6) is 1.58. The molecule has 150 valence electrons. The number of fused-ring (bicyclic) bond motifs is 1. The van der Waals surface area contributed by atoms with Crippen LogP contribution < -0.4 is 19.5 Å². The molecule has 1 N–H and O–H groups in total. The Morgan fingerprint density at radius 1 is 1.24 bits per heavy atom. The van der Waals surface area contributed by atoms with Crippen molar-refractivity contribution >= 4 is 28.8 Å². The van der Waals surface area contributed by atoms with Crippen LogP contribution in [0.4, 0.5) is 0 Å². The molecular weight excluding hydrogens is 412 g/mol. The normalized spacial score (nSPS) is 12.9. The average molecular weight is 431 g/mol. The van der Waals surface area contributed by atoms with Gasteiger partial charge in [-0.2, -0.15) is 0 Å². The number of thiazole rings is 1. The fourth-order valence-electron chi connectivity index (χ4n) is 2.86. The Morgan fingerprint density at radius 3 is 3.00 bits per heavy atom. The first kappa shape index (κ1) is 19.5. The van der Waals surface area contributed by atoms with E-state index in [-0.39, 0.29) is 5.91 Å². The predicted octanol–water partition coefficient (Wildman–Crippen LogP) is 4.47. The second kappa shape index (κ2) is 9.15. The highest BCUT2D eigenvalue weighted by Gasteiger charge is 2.16. The van der Waals surface area contributed by atoms with E-state index in [4.69, 9.17) is 25.8 Å². The molecule has 2 aromatic carbocycles. The van der Waals surface area contributed by atoms with Gasteiger partial charge in [-0.05, 0) is 35.9 Å². The first-order valence-electron chi connectivity index (χ1n) is 9.15. The standard InChI is InChI=1S/C21H19ClN2O4S/c22-18-7-14(8-19-20(18)27-6-2-5-26-19)10-23-21(25)15-3-1-4-17(9-15)28-11-16-12-29-13-24-16/h1,3-4,7-9,12-13H,2,5-6,10-11H2,(H,23,25). The summed E-state index contributed by atoms with van der Waals surface area (Å²) in [6.07, 6.45) is 0.804. The van der Waals surface area contributed by atoms with Crippen LogP contribution in [0.5, 0.6) is 17.2 Å². The lowest BCUT2D eigenvalue weighted by Gasteiger charge is -2.12. The summed E-state index contributed by atoms with van der Waals surface area (Å²) >= 11 is 7.83. The number of ether oxygens (including phenoxy) is 3. The van der Waals surface area contributed by atoms with E-state index in [1.54, 1.807) is 29.8 Å². The number of aromatic nitrogens is 1. The highest BCUT2D eigenvalue weighted by Crippen LogP contribution is 2.38. The van der Waals surface area contributed by atoms with E-state index in [1.165, 1.54) is 11.3 Å². The van der Waals surface area contributed by atoms with Crippen LogP contribution in [0.2, 0.25) is 5.02 Å². The van der Waals surface area contributed by atoms with Crippen LogP contribution in [0.25, 0.3) is 0 Å². The number of carbonyl (C=O) groups excluding carboxylic acids is 1. The molecule has 1 amide bonds. The molecular formula is C21H19ClN2O4S. The summed E-state index contributed by atoms with van der Waals surface area (Å²) in [4.78, 5) is 16.7. The number of amides is 1. The van der Waals surface area contributed by atoms with E-state index in [0.717, 1.165) is 17.7 Å². The predicted molar refractivity (Wildman–Crippen MR) is 111 cm³/mol. The number of nitrogens with zero attached hydrogens (tertiary/aromatic N) is 1. The zero-order valence-corrected chi connectivity index (χ0v) is 17.1. The van der Waals surface area contributed by atoms with Gasteiger partial charge in [-0.3, -0.25) is 4.79 Å². The molecule has 0 saturated heterocycles. The van der Waals surface area contributed by atoms with Gasteiger partial charge in [-0.25, -0.2) is 4.98 Å². The molecule has 1 aliphatic heterocycles. The number of rotatable bonds is 6. The molecule has 29 heavy (non-hydrogen) atoms. The number of carbonyl (C=O) groups is 1. The van der Waals surface area contributed by atoms with Crippen molar-refractivity contribution in [3.05, 3.63) is 69.1 Å². The first-order chi connectivity index (χ1) is 14.2. The number of halogens is 1. The molecule has 0 aliphatic carbocycles. The van der Waals surface area contributed by atoms with E-state index < -0.39 is 0 Å². The van der Waals surface area contributed by atoms with Crippen molar-refractivity contribution in [3.8, 4) is 17.2 Å². The molecule has 2 heterocycles. The van der Waals surface area contributed by atoms with Gasteiger partial charge >= 0.3 is 0 Å². The quantitative estimate of drug-likeness (QED) is 0.625. The van der Waals surface area contributed by atoms with Crippen LogP contribution in [-0.2, 0) is 13.2 Å². The van der Waals surface area contributed by atoms with Crippen molar-refractivity contribution in [3.63, 3.8) is 0 Å². The highest BCUT2D eigenvalue weighted by atomic mass is 35.5. The SMILES string of the molecule is O=C(NCc1cc(Cl)c2c(c1)OCCCO2)c1cccc(OCc2cscn2)c1. The second-order valence-electron chi connectivity index (χ2n) is 6.43. The molecule has 0 bridgehead atoms. The molecule has 0 atom stereocenters.